The molecule has 0 aromatic carbocycles. The Bertz CT molecular complexity index is 502. The van der Waals surface area contributed by atoms with Gasteiger partial charge in [-0.3, -0.25) is 14.4 Å². The van der Waals surface area contributed by atoms with Crippen LogP contribution in [0.3, 0.4) is 0 Å². The summed E-state index contributed by atoms with van der Waals surface area (Å²) in [4.78, 5) is 13.5. The molecule has 20 heavy (non-hydrogen) atoms. The van der Waals surface area contributed by atoms with Crippen LogP contribution in [0, 0.1) is 5.92 Å². The van der Waals surface area contributed by atoms with Gasteiger partial charge in [0.2, 0.25) is 0 Å². The number of carboxylic acids is 1. The fourth-order valence-corrected chi connectivity index (χ4v) is 3.11. The summed E-state index contributed by atoms with van der Waals surface area (Å²) in [7, 11) is 1.92. The summed E-state index contributed by atoms with van der Waals surface area (Å²) < 4.78 is 1.82. The Balaban J connectivity index is 2.24. The third kappa shape index (κ3) is 2.87. The zero-order chi connectivity index (χ0) is 15.1. The highest BCUT2D eigenvalue weighted by Crippen LogP contribution is 2.29. The van der Waals surface area contributed by atoms with Crippen LogP contribution in [-0.4, -0.2) is 38.3 Å². The lowest BCUT2D eigenvalue weighted by Gasteiger charge is -2.25. The van der Waals surface area contributed by atoms with Crippen molar-refractivity contribution in [1.82, 2.24) is 14.7 Å². The molecule has 2 heterocycles. The molecule has 1 fully saturated rings. The Hall–Kier alpha value is -1.36. The van der Waals surface area contributed by atoms with Crippen LogP contribution in [0.15, 0.2) is 6.20 Å². The van der Waals surface area contributed by atoms with E-state index in [1.165, 1.54) is 0 Å². The summed E-state index contributed by atoms with van der Waals surface area (Å²) in [6.07, 6.45) is 2.96. The van der Waals surface area contributed by atoms with Crippen molar-refractivity contribution in [2.24, 2.45) is 13.0 Å². The molecule has 5 heteroatoms. The van der Waals surface area contributed by atoms with E-state index in [1.54, 1.807) is 0 Å². The average molecular weight is 279 g/mol. The monoisotopic (exact) mass is 279 g/mol. The maximum Gasteiger partial charge on any atom is 0.321 e. The van der Waals surface area contributed by atoms with Crippen molar-refractivity contribution >= 4 is 5.97 Å². The Morgan fingerprint density at radius 1 is 1.50 bits per heavy atom. The molecule has 1 aliphatic rings. The number of hydrogen-bond acceptors (Lipinski definition) is 3. The largest absolute Gasteiger partial charge is 0.480 e. The minimum Gasteiger partial charge on any atom is -0.480 e. The van der Waals surface area contributed by atoms with Crippen molar-refractivity contribution in [3.05, 3.63) is 17.5 Å². The van der Waals surface area contributed by atoms with Crippen molar-refractivity contribution in [1.29, 1.82) is 0 Å². The average Bonchev–Trinajstić information content (AvgIpc) is 2.82. The van der Waals surface area contributed by atoms with Crippen LogP contribution in [0.25, 0.3) is 0 Å². The number of nitrogens with zero attached hydrogens (tertiary/aromatic N) is 3. The zero-order valence-corrected chi connectivity index (χ0v) is 13.1. The molecule has 1 saturated heterocycles. The van der Waals surface area contributed by atoms with Gasteiger partial charge in [0.25, 0.3) is 0 Å². The van der Waals surface area contributed by atoms with Crippen molar-refractivity contribution in [3.8, 4) is 0 Å². The Labute approximate surface area is 120 Å². The number of carbonyl (C=O) groups is 1. The Morgan fingerprint density at radius 3 is 2.70 bits per heavy atom. The van der Waals surface area contributed by atoms with Crippen molar-refractivity contribution in [3.63, 3.8) is 0 Å². The topological polar surface area (TPSA) is 58.4 Å². The molecule has 1 aliphatic heterocycles. The van der Waals surface area contributed by atoms with Crippen LogP contribution in [-0.2, 0) is 23.8 Å². The molecule has 0 aliphatic carbocycles. The molecular weight excluding hydrogens is 254 g/mol. The standard InChI is InChI=1S/C15H25N3O2/c1-10-6-7-18(12(10)14(19)20)9-11-8-17(5)16-13(11)15(2,3)4/h8,10,12H,6-7,9H2,1-5H3,(H,19,20). The highest BCUT2D eigenvalue weighted by atomic mass is 16.4. The van der Waals surface area contributed by atoms with Crippen LogP contribution < -0.4 is 0 Å². The van der Waals surface area contributed by atoms with Gasteiger partial charge < -0.3 is 5.11 Å². The van der Waals surface area contributed by atoms with Gasteiger partial charge in [0, 0.05) is 30.8 Å². The van der Waals surface area contributed by atoms with Gasteiger partial charge in [0.1, 0.15) is 6.04 Å². The van der Waals surface area contributed by atoms with Crippen LogP contribution in [0.5, 0.6) is 0 Å². The first-order valence-corrected chi connectivity index (χ1v) is 7.20. The lowest BCUT2D eigenvalue weighted by atomic mass is 9.89. The fourth-order valence-electron chi connectivity index (χ4n) is 3.11. The molecule has 5 nitrogen and oxygen atoms in total. The first kappa shape index (κ1) is 15.0. The quantitative estimate of drug-likeness (QED) is 0.919. The van der Waals surface area contributed by atoms with E-state index in [4.69, 9.17) is 0 Å². The summed E-state index contributed by atoms with van der Waals surface area (Å²) in [6, 6.07) is -0.372. The summed E-state index contributed by atoms with van der Waals surface area (Å²) in [5.74, 6) is -0.501. The van der Waals surface area contributed by atoms with Crippen molar-refractivity contribution in [2.45, 2.75) is 52.1 Å². The van der Waals surface area contributed by atoms with Crippen molar-refractivity contribution in [2.75, 3.05) is 6.54 Å². The summed E-state index contributed by atoms with van der Waals surface area (Å²) in [5, 5.41) is 14.0. The van der Waals surface area contributed by atoms with Gasteiger partial charge in [0.15, 0.2) is 0 Å². The minimum atomic E-state index is -0.712. The summed E-state index contributed by atoms with van der Waals surface area (Å²) in [5.41, 5.74) is 2.17. The van der Waals surface area contributed by atoms with Crippen LogP contribution in [0.2, 0.25) is 0 Å². The summed E-state index contributed by atoms with van der Waals surface area (Å²) >= 11 is 0. The smallest absolute Gasteiger partial charge is 0.321 e. The molecular formula is C15H25N3O2. The maximum atomic E-state index is 11.4. The summed E-state index contributed by atoms with van der Waals surface area (Å²) in [6.45, 7) is 9.95. The first-order chi connectivity index (χ1) is 9.20. The van der Waals surface area contributed by atoms with E-state index in [-0.39, 0.29) is 17.4 Å². The maximum absolute atomic E-state index is 11.4. The zero-order valence-electron chi connectivity index (χ0n) is 13.1. The normalized spacial score (nSPS) is 24.2. The molecule has 0 amide bonds. The van der Waals surface area contributed by atoms with E-state index >= 15 is 0 Å². The second-order valence-corrected chi connectivity index (χ2v) is 6.95. The molecule has 0 saturated carbocycles. The van der Waals surface area contributed by atoms with E-state index in [1.807, 2.05) is 24.9 Å². The van der Waals surface area contributed by atoms with Crippen LogP contribution in [0.4, 0.5) is 0 Å². The Kier molecular flexibility index (Phi) is 3.91. The Morgan fingerprint density at radius 2 is 2.15 bits per heavy atom. The number of rotatable bonds is 3. The highest BCUT2D eigenvalue weighted by Gasteiger charge is 2.37. The lowest BCUT2D eigenvalue weighted by molar-refractivity contribution is -0.143. The van der Waals surface area contributed by atoms with E-state index < -0.39 is 5.97 Å². The lowest BCUT2D eigenvalue weighted by Crippen LogP contribution is -2.38. The van der Waals surface area contributed by atoms with Gasteiger partial charge in [-0.05, 0) is 18.9 Å². The molecule has 112 valence electrons. The number of hydrogen-bond donors (Lipinski definition) is 1. The molecule has 1 N–H and O–H groups in total. The van der Waals surface area contributed by atoms with Gasteiger partial charge in [-0.15, -0.1) is 0 Å². The third-order valence-electron chi connectivity index (χ3n) is 4.05. The van der Waals surface area contributed by atoms with E-state index in [2.05, 4.69) is 30.8 Å². The molecule has 2 rings (SSSR count). The minimum absolute atomic E-state index is 0.0271. The number of aromatic nitrogens is 2. The molecule has 0 spiro atoms. The molecule has 1 aromatic rings. The number of likely N-dealkylation sites (tertiary alicyclic amines) is 1. The second kappa shape index (κ2) is 5.20. The number of carboxylic acid groups (broad SMARTS) is 1. The third-order valence-corrected chi connectivity index (χ3v) is 4.05. The molecule has 2 unspecified atom stereocenters. The number of aliphatic carboxylic acids is 1. The molecule has 0 radical (unpaired) electrons. The van der Waals surface area contributed by atoms with Crippen LogP contribution >= 0.6 is 0 Å². The molecule has 2 atom stereocenters. The highest BCUT2D eigenvalue weighted by molar-refractivity contribution is 5.74. The van der Waals surface area contributed by atoms with Gasteiger partial charge in [-0.2, -0.15) is 5.10 Å². The SMILES string of the molecule is CC1CCN(Cc2cn(C)nc2C(C)(C)C)C1C(=O)O. The molecule has 1 aromatic heterocycles. The number of aryl methyl sites for hydroxylation is 1. The van der Waals surface area contributed by atoms with E-state index in [0.29, 0.717) is 6.54 Å². The predicted octanol–water partition coefficient (Wildman–Crippen LogP) is 2.01. The van der Waals surface area contributed by atoms with Gasteiger partial charge in [-0.1, -0.05) is 27.7 Å². The van der Waals surface area contributed by atoms with Gasteiger partial charge in [0.05, 0.1) is 5.69 Å². The first-order valence-electron chi connectivity index (χ1n) is 7.20. The van der Waals surface area contributed by atoms with Crippen LogP contribution in [0.1, 0.15) is 45.4 Å². The second-order valence-electron chi connectivity index (χ2n) is 6.95. The van der Waals surface area contributed by atoms with Gasteiger partial charge in [-0.25, -0.2) is 0 Å². The van der Waals surface area contributed by atoms with E-state index in [9.17, 15) is 9.90 Å². The van der Waals surface area contributed by atoms with E-state index in [0.717, 1.165) is 24.2 Å². The van der Waals surface area contributed by atoms with Gasteiger partial charge >= 0.3 is 5.97 Å². The molecule has 0 bridgehead atoms. The van der Waals surface area contributed by atoms with Crippen molar-refractivity contribution < 1.29 is 9.90 Å². The fraction of sp³-hybridized carbons (Fsp3) is 0.733. The predicted molar refractivity (Wildman–Crippen MR) is 77.5 cm³/mol.